The molecule has 3 N–H and O–H groups in total. The van der Waals surface area contributed by atoms with Gasteiger partial charge in [0, 0.05) is 25.7 Å². The number of rotatable bonds is 8. The maximum atomic E-state index is 10.1. The summed E-state index contributed by atoms with van der Waals surface area (Å²) in [4.78, 5) is 14.1. The third kappa shape index (κ3) is 6.16. The molecule has 1 saturated carbocycles. The van der Waals surface area contributed by atoms with Gasteiger partial charge >= 0.3 is 0 Å². The number of nitrogens with zero attached hydrogens (tertiary/aromatic N) is 7. The lowest BCUT2D eigenvalue weighted by molar-refractivity contribution is 0.0342. The van der Waals surface area contributed by atoms with Crippen LogP contribution in [0.4, 0.5) is 16.8 Å². The molecule has 2 aliphatic rings. The number of hydrogen-bond donors (Lipinski definition) is 3. The van der Waals surface area contributed by atoms with E-state index in [1.165, 1.54) is 16.1 Å². The predicted molar refractivity (Wildman–Crippen MR) is 146 cm³/mol. The first-order valence-electron chi connectivity index (χ1n) is 13.0. The second kappa shape index (κ2) is 11.5. The van der Waals surface area contributed by atoms with Crippen molar-refractivity contribution in [3.05, 3.63) is 54.2 Å². The minimum absolute atomic E-state index is 0.211. The van der Waals surface area contributed by atoms with Crippen LogP contribution in [0, 0.1) is 0 Å². The number of aliphatic hydroxyl groups excluding tert-OH is 1. The summed E-state index contributed by atoms with van der Waals surface area (Å²) in [5.41, 5.74) is 2.01. The van der Waals surface area contributed by atoms with Crippen molar-refractivity contribution >= 4 is 28.1 Å². The molecule has 6 rings (SSSR count). The lowest BCUT2D eigenvalue weighted by atomic mass is 9.93. The van der Waals surface area contributed by atoms with Crippen LogP contribution in [0.1, 0.15) is 31.2 Å². The van der Waals surface area contributed by atoms with Crippen molar-refractivity contribution in [2.45, 2.75) is 44.4 Å². The maximum absolute atomic E-state index is 10.1. The van der Waals surface area contributed by atoms with Crippen LogP contribution < -0.4 is 10.6 Å². The van der Waals surface area contributed by atoms with Crippen molar-refractivity contribution < 1.29 is 9.84 Å². The topological polar surface area (TPSA) is 126 Å². The Morgan fingerprint density at radius 3 is 2.76 bits per heavy atom. The number of anilines is 3. The van der Waals surface area contributed by atoms with E-state index in [1.54, 1.807) is 6.20 Å². The minimum Gasteiger partial charge on any atom is -0.393 e. The molecule has 0 bridgehead atoms. The Morgan fingerprint density at radius 2 is 1.92 bits per heavy atom. The van der Waals surface area contributed by atoms with Gasteiger partial charge in [-0.15, -0.1) is 15.0 Å². The molecular formula is C26H31N9O2S. The SMILES string of the molecule is OC1CCCC(Nc2cc(CN3CCOCC3)cc(Nc3ncc(-c4nnn(-c5ccccc5)n4)s3)n2)C1. The Hall–Kier alpha value is -3.45. The second-order valence-corrected chi connectivity index (χ2v) is 10.7. The highest BCUT2D eigenvalue weighted by Crippen LogP contribution is 2.30. The number of ether oxygens (including phenoxy) is 1. The molecule has 11 nitrogen and oxygen atoms in total. The number of tetrazole rings is 1. The number of hydrogen-bond acceptors (Lipinski definition) is 11. The first-order valence-corrected chi connectivity index (χ1v) is 13.8. The van der Waals surface area contributed by atoms with E-state index in [0.717, 1.165) is 86.3 Å². The highest BCUT2D eigenvalue weighted by atomic mass is 32.1. The molecule has 1 aromatic carbocycles. The lowest BCUT2D eigenvalue weighted by Gasteiger charge is -2.28. The third-order valence-corrected chi connectivity index (χ3v) is 7.66. The fraction of sp³-hybridized carbons (Fsp3) is 0.423. The predicted octanol–water partition coefficient (Wildman–Crippen LogP) is 3.47. The number of aromatic nitrogens is 6. The average molecular weight is 534 g/mol. The zero-order chi connectivity index (χ0) is 25.7. The molecule has 38 heavy (non-hydrogen) atoms. The van der Waals surface area contributed by atoms with Gasteiger partial charge < -0.3 is 20.5 Å². The fourth-order valence-electron chi connectivity index (χ4n) is 4.87. The van der Waals surface area contributed by atoms with Gasteiger partial charge in [-0.2, -0.15) is 0 Å². The van der Waals surface area contributed by atoms with Crippen LogP contribution in [-0.4, -0.2) is 78.6 Å². The van der Waals surface area contributed by atoms with E-state index in [0.29, 0.717) is 11.0 Å². The van der Waals surface area contributed by atoms with E-state index < -0.39 is 0 Å². The molecule has 0 amide bonds. The fourth-order valence-corrected chi connectivity index (χ4v) is 5.61. The molecule has 4 heterocycles. The molecule has 2 unspecified atom stereocenters. The van der Waals surface area contributed by atoms with Crippen LogP contribution in [0.3, 0.4) is 0 Å². The Morgan fingerprint density at radius 1 is 1.08 bits per heavy atom. The van der Waals surface area contributed by atoms with Gasteiger partial charge in [0.05, 0.1) is 36.1 Å². The molecule has 2 fully saturated rings. The molecule has 1 aliphatic heterocycles. The van der Waals surface area contributed by atoms with Crippen LogP contribution in [0.5, 0.6) is 0 Å². The second-order valence-electron chi connectivity index (χ2n) is 9.69. The Labute approximate surface area is 224 Å². The number of pyridine rings is 1. The van der Waals surface area contributed by atoms with Gasteiger partial charge in [-0.3, -0.25) is 4.90 Å². The lowest BCUT2D eigenvalue weighted by Crippen LogP contribution is -2.35. The quantitative estimate of drug-likeness (QED) is 0.310. The van der Waals surface area contributed by atoms with E-state index in [-0.39, 0.29) is 12.1 Å². The number of aliphatic hydroxyl groups is 1. The molecule has 4 aromatic rings. The van der Waals surface area contributed by atoms with Crippen LogP contribution >= 0.6 is 11.3 Å². The molecule has 2 atom stereocenters. The molecule has 0 radical (unpaired) electrons. The summed E-state index contributed by atoms with van der Waals surface area (Å²) < 4.78 is 5.51. The van der Waals surface area contributed by atoms with Crippen LogP contribution in [0.25, 0.3) is 16.4 Å². The van der Waals surface area contributed by atoms with Gasteiger partial charge in [-0.05, 0) is 60.7 Å². The zero-order valence-electron chi connectivity index (χ0n) is 21.0. The number of morpholine rings is 1. The Bertz CT molecular complexity index is 1340. The van der Waals surface area contributed by atoms with Gasteiger partial charge in [-0.25, -0.2) is 9.97 Å². The van der Waals surface area contributed by atoms with Crippen molar-refractivity contribution in [3.63, 3.8) is 0 Å². The summed E-state index contributed by atoms with van der Waals surface area (Å²) in [7, 11) is 0. The number of benzene rings is 1. The summed E-state index contributed by atoms with van der Waals surface area (Å²) >= 11 is 1.45. The van der Waals surface area contributed by atoms with Crippen molar-refractivity contribution in [1.29, 1.82) is 0 Å². The number of thiazole rings is 1. The standard InChI is InChI=1S/C26H31N9O2S/c36-21-8-4-5-19(15-21)28-23-13-18(17-34-9-11-37-12-10-34)14-24(29-23)30-26-27-16-22(38-26)25-31-33-35(32-25)20-6-2-1-3-7-20/h1-3,6-7,13-14,16,19,21,36H,4-5,8-12,15,17H2,(H2,27,28,29,30). The number of para-hydroxylation sites is 1. The van der Waals surface area contributed by atoms with Crippen molar-refractivity contribution in [3.8, 4) is 16.4 Å². The van der Waals surface area contributed by atoms with Gasteiger partial charge in [0.15, 0.2) is 5.13 Å². The van der Waals surface area contributed by atoms with Crippen LogP contribution in [0.15, 0.2) is 48.7 Å². The molecule has 1 saturated heterocycles. The van der Waals surface area contributed by atoms with Crippen molar-refractivity contribution in [2.24, 2.45) is 0 Å². The van der Waals surface area contributed by atoms with E-state index in [2.05, 4.69) is 48.1 Å². The molecule has 198 valence electrons. The van der Waals surface area contributed by atoms with E-state index in [1.807, 2.05) is 30.3 Å². The Kier molecular flexibility index (Phi) is 7.54. The summed E-state index contributed by atoms with van der Waals surface area (Å²) in [6.07, 6.45) is 5.15. The molecule has 12 heteroatoms. The average Bonchev–Trinajstić information content (AvgIpc) is 3.60. The number of nitrogens with one attached hydrogen (secondary N) is 2. The summed E-state index contributed by atoms with van der Waals surface area (Å²) in [5, 5.41) is 30.7. The normalized spacial score (nSPS) is 20.3. The van der Waals surface area contributed by atoms with Gasteiger partial charge in [0.1, 0.15) is 11.6 Å². The Balaban J connectivity index is 1.20. The smallest absolute Gasteiger partial charge is 0.216 e. The maximum Gasteiger partial charge on any atom is 0.216 e. The van der Waals surface area contributed by atoms with E-state index in [4.69, 9.17) is 9.72 Å². The zero-order valence-corrected chi connectivity index (χ0v) is 21.8. The van der Waals surface area contributed by atoms with Gasteiger partial charge in [0.25, 0.3) is 0 Å². The first-order chi connectivity index (χ1) is 18.7. The minimum atomic E-state index is -0.252. The molecular weight excluding hydrogens is 502 g/mol. The summed E-state index contributed by atoms with van der Waals surface area (Å²) in [6.45, 7) is 4.15. The highest BCUT2D eigenvalue weighted by molar-refractivity contribution is 7.18. The van der Waals surface area contributed by atoms with Crippen molar-refractivity contribution in [1.82, 2.24) is 35.1 Å². The summed E-state index contributed by atoms with van der Waals surface area (Å²) in [5.74, 6) is 2.05. The van der Waals surface area contributed by atoms with E-state index in [9.17, 15) is 5.11 Å². The summed E-state index contributed by atoms with van der Waals surface area (Å²) in [6, 6.07) is 14.1. The molecule has 3 aromatic heterocycles. The monoisotopic (exact) mass is 533 g/mol. The third-order valence-electron chi connectivity index (χ3n) is 6.76. The highest BCUT2D eigenvalue weighted by Gasteiger charge is 2.21. The largest absolute Gasteiger partial charge is 0.393 e. The van der Waals surface area contributed by atoms with Gasteiger partial charge in [-0.1, -0.05) is 29.5 Å². The first kappa shape index (κ1) is 24.9. The van der Waals surface area contributed by atoms with Gasteiger partial charge in [0.2, 0.25) is 5.82 Å². The molecule has 0 spiro atoms. The van der Waals surface area contributed by atoms with E-state index >= 15 is 0 Å². The van der Waals surface area contributed by atoms with Crippen LogP contribution in [-0.2, 0) is 11.3 Å². The van der Waals surface area contributed by atoms with Crippen LogP contribution in [0.2, 0.25) is 0 Å². The molecule has 1 aliphatic carbocycles. The van der Waals surface area contributed by atoms with Crippen molar-refractivity contribution in [2.75, 3.05) is 36.9 Å².